The summed E-state index contributed by atoms with van der Waals surface area (Å²) >= 11 is 0. The Morgan fingerprint density at radius 1 is 1.15 bits per heavy atom. The van der Waals surface area contributed by atoms with Crippen molar-refractivity contribution >= 4 is 10.9 Å². The predicted molar refractivity (Wildman–Crippen MR) is 109 cm³/mol. The van der Waals surface area contributed by atoms with Crippen molar-refractivity contribution in [2.45, 2.75) is 33.2 Å². The van der Waals surface area contributed by atoms with Crippen LogP contribution < -0.4 is 10.2 Å². The van der Waals surface area contributed by atoms with E-state index in [9.17, 15) is 4.79 Å². The van der Waals surface area contributed by atoms with Crippen molar-refractivity contribution in [1.82, 2.24) is 9.88 Å². The Morgan fingerprint density at radius 3 is 2.74 bits per heavy atom. The van der Waals surface area contributed by atoms with E-state index in [1.165, 1.54) is 12.8 Å². The third-order valence-corrected chi connectivity index (χ3v) is 5.39. The van der Waals surface area contributed by atoms with Crippen LogP contribution in [0.1, 0.15) is 31.0 Å². The normalized spacial score (nSPS) is 17.9. The molecule has 1 N–H and O–H groups in total. The fourth-order valence-corrected chi connectivity index (χ4v) is 3.96. The third-order valence-electron chi connectivity index (χ3n) is 5.39. The lowest BCUT2D eigenvalue weighted by Crippen LogP contribution is -2.35. The van der Waals surface area contributed by atoms with Gasteiger partial charge in [-0.25, -0.2) is 0 Å². The minimum Gasteiger partial charge on any atom is -0.457 e. The minimum atomic E-state index is 0.109. The van der Waals surface area contributed by atoms with Crippen LogP contribution in [0.5, 0.6) is 11.5 Å². The Labute approximate surface area is 159 Å². The molecule has 4 rings (SSSR count). The molecule has 0 bridgehead atoms. The molecule has 1 aromatic heterocycles. The Morgan fingerprint density at radius 2 is 1.96 bits per heavy atom. The van der Waals surface area contributed by atoms with E-state index in [0.717, 1.165) is 35.6 Å². The summed E-state index contributed by atoms with van der Waals surface area (Å²) in [5, 5.41) is 0.689. The van der Waals surface area contributed by atoms with Gasteiger partial charge < -0.3 is 9.72 Å². The van der Waals surface area contributed by atoms with Gasteiger partial charge in [-0.15, -0.1) is 0 Å². The average molecular weight is 362 g/mol. The molecule has 1 aliphatic rings. The van der Waals surface area contributed by atoms with Crippen LogP contribution in [-0.2, 0) is 6.54 Å². The number of likely N-dealkylation sites (tertiary alicyclic amines) is 1. The quantitative estimate of drug-likeness (QED) is 0.721. The molecular weight excluding hydrogens is 336 g/mol. The number of rotatable bonds is 4. The van der Waals surface area contributed by atoms with Crippen LogP contribution in [0.2, 0.25) is 0 Å². The van der Waals surface area contributed by atoms with Crippen LogP contribution in [-0.4, -0.2) is 23.0 Å². The van der Waals surface area contributed by atoms with Crippen molar-refractivity contribution in [3.05, 3.63) is 70.0 Å². The van der Waals surface area contributed by atoms with Crippen LogP contribution in [0.25, 0.3) is 10.9 Å². The maximum absolute atomic E-state index is 13.2. The second kappa shape index (κ2) is 7.57. The van der Waals surface area contributed by atoms with E-state index < -0.39 is 0 Å². The van der Waals surface area contributed by atoms with Gasteiger partial charge in [0, 0.05) is 35.2 Å². The number of benzene rings is 2. The highest BCUT2D eigenvalue weighted by Gasteiger charge is 2.19. The first kappa shape index (κ1) is 17.8. The number of aromatic amines is 1. The van der Waals surface area contributed by atoms with Gasteiger partial charge in [0.25, 0.3) is 0 Å². The van der Waals surface area contributed by atoms with Gasteiger partial charge in [0.05, 0.1) is 0 Å². The van der Waals surface area contributed by atoms with Crippen LogP contribution in [0.3, 0.4) is 0 Å². The van der Waals surface area contributed by atoms with Gasteiger partial charge in [-0.05, 0) is 62.6 Å². The number of aromatic nitrogens is 1. The molecule has 4 nitrogen and oxygen atoms in total. The van der Waals surface area contributed by atoms with Crippen LogP contribution in [0.15, 0.2) is 53.3 Å². The van der Waals surface area contributed by atoms with Crippen molar-refractivity contribution in [3.8, 4) is 11.5 Å². The van der Waals surface area contributed by atoms with E-state index >= 15 is 0 Å². The zero-order chi connectivity index (χ0) is 18.8. The molecule has 1 saturated heterocycles. The Bertz CT molecular complexity index is 994. The molecule has 4 heteroatoms. The molecule has 0 spiro atoms. The molecule has 2 heterocycles. The zero-order valence-corrected chi connectivity index (χ0v) is 16.0. The summed E-state index contributed by atoms with van der Waals surface area (Å²) in [5.74, 6) is 2.15. The molecule has 1 aliphatic heterocycles. The molecule has 0 amide bonds. The smallest absolute Gasteiger partial charge is 0.194 e. The van der Waals surface area contributed by atoms with Crippen LogP contribution >= 0.6 is 0 Å². The number of nitrogens with zero attached hydrogens (tertiary/aromatic N) is 1. The van der Waals surface area contributed by atoms with E-state index in [-0.39, 0.29) is 5.43 Å². The van der Waals surface area contributed by atoms with E-state index in [4.69, 9.17) is 4.74 Å². The summed E-state index contributed by atoms with van der Waals surface area (Å²) in [6.45, 7) is 7.13. The maximum atomic E-state index is 13.2. The third kappa shape index (κ3) is 3.91. The molecule has 0 saturated carbocycles. The SMILES string of the molecule is Cc1[nH]c2ccc(Oc3ccccc3)cc2c(=O)c1CN1CCC[C@@H](C)C1. The fourth-order valence-electron chi connectivity index (χ4n) is 3.96. The standard InChI is InChI=1S/C23H26N2O2/c1-16-7-6-12-25(14-16)15-21-17(2)24-22-11-10-19(13-20(22)23(21)26)27-18-8-4-3-5-9-18/h3-5,8-11,13,16H,6-7,12,14-15H2,1-2H3,(H,24,26)/t16-/m1/s1. The van der Waals surface area contributed by atoms with E-state index in [1.807, 2.05) is 55.5 Å². The molecule has 2 aromatic carbocycles. The van der Waals surface area contributed by atoms with Gasteiger partial charge in [0.1, 0.15) is 11.5 Å². The van der Waals surface area contributed by atoms with Gasteiger partial charge in [0.15, 0.2) is 5.43 Å². The Balaban J connectivity index is 1.67. The van der Waals surface area contributed by atoms with Gasteiger partial charge >= 0.3 is 0 Å². The molecule has 1 atom stereocenters. The van der Waals surface area contributed by atoms with Crippen LogP contribution in [0, 0.1) is 12.8 Å². The molecular formula is C23H26N2O2. The summed E-state index contributed by atoms with van der Waals surface area (Å²) < 4.78 is 5.91. The van der Waals surface area contributed by atoms with Gasteiger partial charge in [-0.3, -0.25) is 9.69 Å². The number of hydrogen-bond acceptors (Lipinski definition) is 3. The first-order chi connectivity index (χ1) is 13.1. The van der Waals surface area contributed by atoms with E-state index in [1.54, 1.807) is 0 Å². The van der Waals surface area contributed by atoms with E-state index in [0.29, 0.717) is 23.6 Å². The Hall–Kier alpha value is -2.59. The lowest BCUT2D eigenvalue weighted by molar-refractivity contribution is 0.176. The number of para-hydroxylation sites is 1. The predicted octanol–water partition coefficient (Wildman–Crippen LogP) is 4.86. The molecule has 140 valence electrons. The summed E-state index contributed by atoms with van der Waals surface area (Å²) in [5.41, 5.74) is 2.79. The number of hydrogen-bond donors (Lipinski definition) is 1. The van der Waals surface area contributed by atoms with Crippen molar-refractivity contribution in [1.29, 1.82) is 0 Å². The van der Waals surface area contributed by atoms with Crippen LogP contribution in [0.4, 0.5) is 0 Å². The highest BCUT2D eigenvalue weighted by atomic mass is 16.5. The highest BCUT2D eigenvalue weighted by Crippen LogP contribution is 2.25. The summed E-state index contributed by atoms with van der Waals surface area (Å²) in [6, 6.07) is 15.3. The molecule has 0 aliphatic carbocycles. The molecule has 0 radical (unpaired) electrons. The van der Waals surface area contributed by atoms with Gasteiger partial charge in [-0.2, -0.15) is 0 Å². The van der Waals surface area contributed by atoms with E-state index in [2.05, 4.69) is 16.8 Å². The average Bonchev–Trinajstić information content (AvgIpc) is 2.67. The fraction of sp³-hybridized carbons (Fsp3) is 0.348. The summed E-state index contributed by atoms with van der Waals surface area (Å²) in [6.07, 6.45) is 2.49. The number of piperidine rings is 1. The first-order valence-corrected chi connectivity index (χ1v) is 9.71. The molecule has 27 heavy (non-hydrogen) atoms. The largest absolute Gasteiger partial charge is 0.457 e. The van der Waals surface area contributed by atoms with Crippen molar-refractivity contribution in [2.75, 3.05) is 13.1 Å². The second-order valence-electron chi connectivity index (χ2n) is 7.66. The lowest BCUT2D eigenvalue weighted by atomic mass is 9.99. The zero-order valence-electron chi connectivity index (χ0n) is 16.0. The van der Waals surface area contributed by atoms with Gasteiger partial charge in [-0.1, -0.05) is 25.1 Å². The number of ether oxygens (including phenoxy) is 1. The van der Waals surface area contributed by atoms with Crippen molar-refractivity contribution in [3.63, 3.8) is 0 Å². The number of nitrogens with one attached hydrogen (secondary N) is 1. The van der Waals surface area contributed by atoms with Crippen molar-refractivity contribution < 1.29 is 4.74 Å². The van der Waals surface area contributed by atoms with Gasteiger partial charge in [0.2, 0.25) is 0 Å². The minimum absolute atomic E-state index is 0.109. The monoisotopic (exact) mass is 362 g/mol. The Kier molecular flexibility index (Phi) is 4.99. The van der Waals surface area contributed by atoms with Crippen molar-refractivity contribution in [2.24, 2.45) is 5.92 Å². The summed E-state index contributed by atoms with van der Waals surface area (Å²) in [7, 11) is 0. The molecule has 3 aromatic rings. The second-order valence-corrected chi connectivity index (χ2v) is 7.66. The first-order valence-electron chi connectivity index (χ1n) is 9.71. The highest BCUT2D eigenvalue weighted by molar-refractivity contribution is 5.81. The molecule has 0 unspecified atom stereocenters. The topological polar surface area (TPSA) is 45.3 Å². The molecule has 1 fully saturated rings. The number of H-pyrrole nitrogens is 1. The lowest BCUT2D eigenvalue weighted by Gasteiger charge is -2.31. The maximum Gasteiger partial charge on any atom is 0.194 e. The number of fused-ring (bicyclic) bond motifs is 1. The summed E-state index contributed by atoms with van der Waals surface area (Å²) in [4.78, 5) is 19.0. The number of pyridine rings is 1. The number of aryl methyl sites for hydroxylation is 1.